The zero-order chi connectivity index (χ0) is 48.9. The van der Waals surface area contributed by atoms with Crippen LogP contribution in [-0.2, 0) is 6.42 Å². The topological polar surface area (TPSA) is 29.6 Å². The molecule has 0 bridgehead atoms. The third-order valence-corrected chi connectivity index (χ3v) is 14.1. The number of rotatable bonds is 5. The van der Waals surface area contributed by atoms with Gasteiger partial charge in [0.05, 0.1) is 17.6 Å². The van der Waals surface area contributed by atoms with E-state index in [-0.39, 0.29) is 0 Å². The number of amidine groups is 1. The summed E-state index contributed by atoms with van der Waals surface area (Å²) in [6.45, 7) is 16.2. The molecule has 0 spiro atoms. The van der Waals surface area contributed by atoms with Gasteiger partial charge in [-0.2, -0.15) is 0 Å². The van der Waals surface area contributed by atoms with Crippen molar-refractivity contribution in [3.8, 4) is 24.7 Å². The molecule has 0 fully saturated rings. The van der Waals surface area contributed by atoms with Gasteiger partial charge in [-0.25, -0.2) is 4.99 Å². The minimum atomic E-state index is 0.612. The summed E-state index contributed by atoms with van der Waals surface area (Å²) in [6, 6.07) is 45.8. The molecule has 1 heterocycles. The maximum absolute atomic E-state index is 5.29. The van der Waals surface area contributed by atoms with Crippen LogP contribution in [0.25, 0.3) is 60.1 Å². The lowest BCUT2D eigenvalue weighted by Crippen LogP contribution is -2.11. The van der Waals surface area contributed by atoms with Crippen molar-refractivity contribution in [2.75, 3.05) is 6.54 Å². The van der Waals surface area contributed by atoms with Gasteiger partial charge in [-0.3, -0.25) is 9.56 Å². The predicted molar refractivity (Wildman–Crippen MR) is 304 cm³/mol. The van der Waals surface area contributed by atoms with Gasteiger partial charge in [0.15, 0.2) is 5.84 Å². The van der Waals surface area contributed by atoms with Crippen LogP contribution in [0.5, 0.6) is 0 Å². The Morgan fingerprint density at radius 2 is 1.36 bits per heavy atom. The van der Waals surface area contributed by atoms with Crippen molar-refractivity contribution in [1.82, 2.24) is 4.57 Å². The molecule has 3 aliphatic rings. The highest BCUT2D eigenvalue weighted by Gasteiger charge is 2.25. The monoisotopic (exact) mass is 907 g/mol. The Balaban J connectivity index is 0.000000616. The molecule has 3 aliphatic carbocycles. The largest absolute Gasteiger partial charge is 0.297 e. The highest BCUT2D eigenvalue weighted by atomic mass is 15.1. The van der Waals surface area contributed by atoms with E-state index in [0.717, 1.165) is 60.4 Å². The summed E-state index contributed by atoms with van der Waals surface area (Å²) in [6.07, 6.45) is 24.3. The summed E-state index contributed by atoms with van der Waals surface area (Å²) >= 11 is 0. The Morgan fingerprint density at radius 3 is 2.09 bits per heavy atom. The van der Waals surface area contributed by atoms with E-state index in [1.165, 1.54) is 105 Å². The zero-order valence-electron chi connectivity index (χ0n) is 41.8. The van der Waals surface area contributed by atoms with Crippen molar-refractivity contribution in [3.05, 3.63) is 219 Å². The highest BCUT2D eigenvalue weighted by molar-refractivity contribution is 6.20. The maximum atomic E-state index is 5.29. The predicted octanol–water partition coefficient (Wildman–Crippen LogP) is 16.9. The average molecular weight is 908 g/mol. The fourth-order valence-corrected chi connectivity index (χ4v) is 10.6. The molecule has 0 radical (unpaired) electrons. The number of nitrogens with zero attached hydrogens (tertiary/aromatic N) is 3. The van der Waals surface area contributed by atoms with E-state index in [0.29, 0.717) is 6.54 Å². The number of aryl methyl sites for hydroxylation is 4. The lowest BCUT2D eigenvalue weighted by Gasteiger charge is -2.25. The molecule has 0 saturated carbocycles. The number of hydrogen-bond donors (Lipinski definition) is 0. The standard InChI is InChI=1S/C58H51N3.C7H8.C2H2/c1-36-27-29-44(33-49(36)55-39(4)28-31-48-54-38(3)25-26-40(5)56(54)53-37(2)17-13-14-23-47(53)57(48)55)45-30-32-52-50(34-45)46-22-15-16-24-51(46)61(52)41(6)60-58(43-20-11-8-12-21-43)59-35-42-18-9-7-10-19-42;1-7-5-3-2-4-6-7;1-2/h8-9,11-12,15-22,24-26,28,30-34H,7,10,23,27,29,35H2,1-6H3;2-6H,1H3;1-2H. The number of para-hydroxylation sites is 1. The molecule has 0 saturated heterocycles. The SMILES string of the molecule is C#C.CC1=CC#CCc2c1c1c(C)ccc(C)c1c1ccc(C)c(C3=C(C)CCC(c4ccc5c(c4)c4ccccc4n5C(C)=NC(=NCC4=CCCC=C4)c4ccccc4)=C3)c21.Cc1ccccc1. The highest BCUT2D eigenvalue weighted by Crippen LogP contribution is 2.46. The first kappa shape index (κ1) is 47.1. The molecule has 3 nitrogen and oxygen atoms in total. The van der Waals surface area contributed by atoms with Gasteiger partial charge in [0, 0.05) is 22.8 Å². The molecular formula is C67H61N3. The van der Waals surface area contributed by atoms with Crippen LogP contribution in [0.15, 0.2) is 179 Å². The fourth-order valence-electron chi connectivity index (χ4n) is 10.6. The summed E-state index contributed by atoms with van der Waals surface area (Å²) in [4.78, 5) is 10.4. The molecule has 1 aromatic heterocycles. The minimum Gasteiger partial charge on any atom is -0.297 e. The van der Waals surface area contributed by atoms with Crippen molar-refractivity contribution in [1.29, 1.82) is 0 Å². The van der Waals surface area contributed by atoms with Crippen LogP contribution in [-0.4, -0.2) is 22.8 Å². The van der Waals surface area contributed by atoms with Gasteiger partial charge in [-0.05, 0) is 181 Å². The second kappa shape index (κ2) is 20.7. The molecule has 0 aliphatic heterocycles. The first-order valence-corrected chi connectivity index (χ1v) is 24.6. The first-order chi connectivity index (χ1) is 34.2. The molecule has 0 atom stereocenters. The zero-order valence-corrected chi connectivity index (χ0v) is 41.8. The van der Waals surface area contributed by atoms with Gasteiger partial charge in [0.1, 0.15) is 5.84 Å². The van der Waals surface area contributed by atoms with E-state index < -0.39 is 0 Å². The van der Waals surface area contributed by atoms with Crippen molar-refractivity contribution in [2.24, 2.45) is 9.98 Å². The van der Waals surface area contributed by atoms with Crippen molar-refractivity contribution in [2.45, 2.75) is 80.6 Å². The Bertz CT molecular complexity index is 3660. The second-order valence-electron chi connectivity index (χ2n) is 18.8. The third-order valence-electron chi connectivity index (χ3n) is 14.1. The average Bonchev–Trinajstić information content (AvgIpc) is 3.60. The van der Waals surface area contributed by atoms with Gasteiger partial charge >= 0.3 is 0 Å². The quantitative estimate of drug-likeness (QED) is 0.0713. The summed E-state index contributed by atoms with van der Waals surface area (Å²) in [5.41, 5.74) is 20.6. The summed E-state index contributed by atoms with van der Waals surface area (Å²) < 4.78 is 2.32. The second-order valence-corrected chi connectivity index (χ2v) is 18.8. The molecule has 11 rings (SSSR count). The van der Waals surface area contributed by atoms with Crippen molar-refractivity contribution >= 4 is 71.7 Å². The lowest BCUT2D eigenvalue weighted by atomic mass is 9.78. The molecule has 344 valence electrons. The number of aromatic nitrogens is 1. The van der Waals surface area contributed by atoms with E-state index in [1.54, 1.807) is 0 Å². The Hall–Kier alpha value is -7.98. The number of allylic oxidation sites excluding steroid dienone is 8. The Kier molecular flexibility index (Phi) is 13.9. The molecule has 7 aromatic carbocycles. The van der Waals surface area contributed by atoms with Crippen LogP contribution in [0.1, 0.15) is 96.5 Å². The van der Waals surface area contributed by atoms with Crippen LogP contribution in [0.3, 0.4) is 0 Å². The van der Waals surface area contributed by atoms with Crippen molar-refractivity contribution in [3.63, 3.8) is 0 Å². The van der Waals surface area contributed by atoms with Crippen LogP contribution < -0.4 is 0 Å². The van der Waals surface area contributed by atoms with Gasteiger partial charge in [-0.1, -0.05) is 156 Å². The van der Waals surface area contributed by atoms with E-state index in [9.17, 15) is 0 Å². The van der Waals surface area contributed by atoms with E-state index in [4.69, 9.17) is 9.98 Å². The molecule has 0 amide bonds. The number of hydrogen-bond acceptors (Lipinski definition) is 1. The summed E-state index contributed by atoms with van der Waals surface area (Å²) in [7, 11) is 0. The van der Waals surface area contributed by atoms with Crippen molar-refractivity contribution < 1.29 is 0 Å². The van der Waals surface area contributed by atoms with Crippen LogP contribution in [0.2, 0.25) is 0 Å². The number of fused-ring (bicyclic) bond motifs is 9. The molecule has 3 heteroatoms. The molecule has 70 heavy (non-hydrogen) atoms. The van der Waals surface area contributed by atoms with Gasteiger partial charge in [0.2, 0.25) is 0 Å². The molecular weight excluding hydrogens is 847 g/mol. The van der Waals surface area contributed by atoms with E-state index in [1.807, 2.05) is 24.3 Å². The Labute approximate surface area is 415 Å². The molecule has 8 aromatic rings. The van der Waals surface area contributed by atoms with E-state index in [2.05, 4.69) is 211 Å². The number of benzene rings is 7. The summed E-state index contributed by atoms with van der Waals surface area (Å²) in [5, 5.41) is 7.89. The smallest absolute Gasteiger partial charge is 0.156 e. The van der Waals surface area contributed by atoms with Gasteiger partial charge < -0.3 is 0 Å². The first-order valence-electron chi connectivity index (χ1n) is 24.6. The van der Waals surface area contributed by atoms with Crippen LogP contribution in [0, 0.1) is 52.4 Å². The van der Waals surface area contributed by atoms with Gasteiger partial charge in [0.25, 0.3) is 0 Å². The molecule has 0 unspecified atom stereocenters. The van der Waals surface area contributed by atoms with Crippen LogP contribution in [0.4, 0.5) is 0 Å². The van der Waals surface area contributed by atoms with Crippen LogP contribution >= 0.6 is 0 Å². The minimum absolute atomic E-state index is 0.612. The fraction of sp³-hybridized carbons (Fsp3) is 0.194. The normalized spacial score (nSPS) is 14.7. The number of aliphatic imine (C=N–C) groups is 2. The summed E-state index contributed by atoms with van der Waals surface area (Å²) in [5.74, 6) is 8.54. The van der Waals surface area contributed by atoms with Gasteiger partial charge in [-0.15, -0.1) is 12.8 Å². The lowest BCUT2D eigenvalue weighted by molar-refractivity contribution is 0.982. The maximum Gasteiger partial charge on any atom is 0.156 e. The molecule has 0 N–H and O–H groups in total. The third kappa shape index (κ3) is 9.17. The Morgan fingerprint density at radius 1 is 0.657 bits per heavy atom. The van der Waals surface area contributed by atoms with E-state index >= 15 is 0 Å². The number of terminal acetylenes is 1.